The second-order valence-corrected chi connectivity index (χ2v) is 12.3. The molecule has 46 heavy (non-hydrogen) atoms. The normalized spacial score (nSPS) is 16.7. The van der Waals surface area contributed by atoms with E-state index in [9.17, 15) is 9.90 Å². The van der Waals surface area contributed by atoms with Gasteiger partial charge in [0.25, 0.3) is 0 Å². The lowest BCUT2D eigenvalue weighted by Crippen LogP contribution is -2.44. The van der Waals surface area contributed by atoms with Gasteiger partial charge in [-0.1, -0.05) is 66.7 Å². The topological polar surface area (TPSA) is 85.0 Å². The molecule has 1 N–H and O–H groups in total. The first-order chi connectivity index (χ1) is 22.5. The molecule has 0 amide bonds. The molecule has 3 aromatic carbocycles. The van der Waals surface area contributed by atoms with Gasteiger partial charge in [0.15, 0.2) is 0 Å². The molecule has 9 nitrogen and oxygen atoms in total. The molecule has 5 aromatic rings. The maximum absolute atomic E-state index is 13.0. The molecule has 9 heteroatoms. The van der Waals surface area contributed by atoms with Crippen molar-refractivity contribution in [2.24, 2.45) is 7.05 Å². The lowest BCUT2D eigenvalue weighted by molar-refractivity contribution is 0.0685. The molecule has 2 aliphatic heterocycles. The molecule has 1 fully saturated rings. The number of ether oxygens (including phenoxy) is 2. The van der Waals surface area contributed by atoms with Crippen molar-refractivity contribution in [2.45, 2.75) is 32.5 Å². The maximum Gasteiger partial charge on any atom is 0.352 e. The van der Waals surface area contributed by atoms with E-state index in [2.05, 4.69) is 53.2 Å². The number of carbonyl (C=O) groups is 1. The minimum Gasteiger partial charge on any atom is -0.493 e. The summed E-state index contributed by atoms with van der Waals surface area (Å²) in [6.45, 7) is 6.56. The lowest BCUT2D eigenvalue weighted by atomic mass is 9.97. The summed E-state index contributed by atoms with van der Waals surface area (Å²) in [5.41, 5.74) is 6.17. The van der Waals surface area contributed by atoms with E-state index < -0.39 is 5.97 Å². The number of benzene rings is 3. The third-order valence-corrected chi connectivity index (χ3v) is 9.35. The molecule has 1 saturated heterocycles. The fourth-order valence-electron chi connectivity index (χ4n) is 7.02. The zero-order valence-electron chi connectivity index (χ0n) is 26.6. The van der Waals surface area contributed by atoms with Gasteiger partial charge in [-0.05, 0) is 36.9 Å². The van der Waals surface area contributed by atoms with Crippen molar-refractivity contribution in [3.63, 3.8) is 0 Å². The Morgan fingerprint density at radius 1 is 0.957 bits per heavy atom. The third kappa shape index (κ3) is 5.82. The average Bonchev–Trinajstić information content (AvgIpc) is 3.54. The first-order valence-corrected chi connectivity index (χ1v) is 16.2. The van der Waals surface area contributed by atoms with Gasteiger partial charge in [-0.3, -0.25) is 9.58 Å². The predicted octanol–water partition coefficient (Wildman–Crippen LogP) is 5.74. The molecule has 238 valence electrons. The number of allylic oxidation sites excluding steroid dienone is 1. The highest BCUT2D eigenvalue weighted by Crippen LogP contribution is 2.39. The largest absolute Gasteiger partial charge is 0.493 e. The van der Waals surface area contributed by atoms with Crippen LogP contribution in [0.3, 0.4) is 0 Å². The SMILES string of the molecule is CN1CCN(Cc2c3c(nn2C)COC/C=C\Cn2c(C(=O)O)c(CCCOc4cccc5ccccc45)c4cccc-3c42)CC1. The number of carboxylic acids is 1. The summed E-state index contributed by atoms with van der Waals surface area (Å²) in [7, 11) is 4.17. The molecule has 0 aliphatic carbocycles. The molecular formula is C37H41N5O4. The van der Waals surface area contributed by atoms with Crippen LogP contribution >= 0.6 is 0 Å². The molecule has 0 saturated carbocycles. The minimum absolute atomic E-state index is 0.337. The molecule has 4 heterocycles. The standard InChI is InChI=1S/C37H41N5O4/c1-39-18-20-41(21-19-39)24-32-34-30-14-8-13-28-29(15-9-23-46-33-16-7-11-26-10-3-4-12-27(26)33)36(37(43)44)42(35(28)30)17-5-6-22-45-25-31(34)38-40(32)2/h3-8,10-14,16H,9,15,17-25H2,1-2H3,(H,43,44)/b6-5-. The Morgan fingerprint density at radius 3 is 2.59 bits per heavy atom. The predicted molar refractivity (Wildman–Crippen MR) is 180 cm³/mol. The average molecular weight is 620 g/mol. The van der Waals surface area contributed by atoms with Crippen LogP contribution in [0.5, 0.6) is 5.75 Å². The van der Waals surface area contributed by atoms with E-state index >= 15 is 0 Å². The zero-order chi connectivity index (χ0) is 31.6. The van der Waals surface area contributed by atoms with Crippen LogP contribution in [-0.4, -0.2) is 81.7 Å². The van der Waals surface area contributed by atoms with Crippen LogP contribution in [0.2, 0.25) is 0 Å². The molecule has 0 unspecified atom stereocenters. The van der Waals surface area contributed by atoms with Crippen LogP contribution in [0.25, 0.3) is 32.8 Å². The second-order valence-electron chi connectivity index (χ2n) is 12.3. The summed E-state index contributed by atoms with van der Waals surface area (Å²) < 4.78 is 16.3. The number of aryl methyl sites for hydroxylation is 2. The van der Waals surface area contributed by atoms with E-state index in [4.69, 9.17) is 14.6 Å². The smallest absolute Gasteiger partial charge is 0.352 e. The molecule has 7 rings (SSSR count). The van der Waals surface area contributed by atoms with Crippen molar-refractivity contribution in [1.29, 1.82) is 0 Å². The second kappa shape index (κ2) is 13.1. The number of hydrogen-bond acceptors (Lipinski definition) is 6. The van der Waals surface area contributed by atoms with Crippen LogP contribution in [-0.2, 0) is 37.9 Å². The van der Waals surface area contributed by atoms with Crippen LogP contribution in [0, 0.1) is 0 Å². The molecule has 0 radical (unpaired) electrons. The highest BCUT2D eigenvalue weighted by atomic mass is 16.5. The number of para-hydroxylation sites is 1. The number of nitrogens with zero attached hydrogens (tertiary/aromatic N) is 5. The first kappa shape index (κ1) is 30.2. The molecular weight excluding hydrogens is 578 g/mol. The summed E-state index contributed by atoms with van der Waals surface area (Å²) in [4.78, 5) is 17.8. The number of aromatic carboxylic acids is 1. The van der Waals surface area contributed by atoms with E-state index in [1.54, 1.807) is 0 Å². The van der Waals surface area contributed by atoms with Gasteiger partial charge in [-0.25, -0.2) is 4.79 Å². The number of hydrogen-bond donors (Lipinski definition) is 1. The Balaban J connectivity index is 1.28. The summed E-state index contributed by atoms with van der Waals surface area (Å²) in [6.07, 6.45) is 5.24. The van der Waals surface area contributed by atoms with Gasteiger partial charge in [0.05, 0.1) is 36.7 Å². The quantitative estimate of drug-likeness (QED) is 0.175. The van der Waals surface area contributed by atoms with Crippen LogP contribution in [0.1, 0.15) is 33.9 Å². The molecule has 2 aromatic heterocycles. The van der Waals surface area contributed by atoms with Crippen molar-refractivity contribution < 1.29 is 19.4 Å². The fraction of sp³-hybridized carbons (Fsp3) is 0.351. The summed E-state index contributed by atoms with van der Waals surface area (Å²) in [5, 5.41) is 18.8. The minimum atomic E-state index is -0.921. The highest BCUT2D eigenvalue weighted by molar-refractivity contribution is 6.04. The fourth-order valence-corrected chi connectivity index (χ4v) is 7.02. The summed E-state index contributed by atoms with van der Waals surface area (Å²) in [6, 6.07) is 20.5. The van der Waals surface area contributed by atoms with Crippen molar-refractivity contribution in [3.8, 4) is 16.9 Å². The number of fused-ring (bicyclic) bond motifs is 3. The van der Waals surface area contributed by atoms with Gasteiger partial charge >= 0.3 is 5.97 Å². The van der Waals surface area contributed by atoms with Crippen molar-refractivity contribution in [3.05, 3.63) is 95.5 Å². The lowest BCUT2D eigenvalue weighted by Gasteiger charge is -2.32. The molecule has 0 bridgehead atoms. The number of likely N-dealkylation sites (N-methyl/N-ethyl adjacent to an activating group) is 1. The Hall–Kier alpha value is -4.44. The van der Waals surface area contributed by atoms with Gasteiger partial charge < -0.3 is 24.0 Å². The van der Waals surface area contributed by atoms with Crippen molar-refractivity contribution >= 4 is 27.6 Å². The number of piperazine rings is 1. The Labute approximate surface area is 269 Å². The van der Waals surface area contributed by atoms with Gasteiger partial charge in [0.2, 0.25) is 0 Å². The monoisotopic (exact) mass is 619 g/mol. The van der Waals surface area contributed by atoms with Crippen LogP contribution in [0.15, 0.2) is 72.8 Å². The maximum atomic E-state index is 13.0. The van der Waals surface area contributed by atoms with Crippen molar-refractivity contribution in [1.82, 2.24) is 24.1 Å². The zero-order valence-corrected chi connectivity index (χ0v) is 26.6. The van der Waals surface area contributed by atoms with E-state index in [0.717, 1.165) is 88.2 Å². The highest BCUT2D eigenvalue weighted by Gasteiger charge is 2.28. The Morgan fingerprint density at radius 2 is 1.74 bits per heavy atom. The van der Waals surface area contributed by atoms with Gasteiger partial charge in [0.1, 0.15) is 11.4 Å². The van der Waals surface area contributed by atoms with Gasteiger partial charge in [-0.15, -0.1) is 0 Å². The van der Waals surface area contributed by atoms with Crippen molar-refractivity contribution in [2.75, 3.05) is 46.4 Å². The number of aromatic nitrogens is 3. The van der Waals surface area contributed by atoms with Crippen LogP contribution < -0.4 is 4.74 Å². The van der Waals surface area contributed by atoms with Gasteiger partial charge in [0, 0.05) is 68.2 Å². The van der Waals surface area contributed by atoms with E-state index in [1.165, 1.54) is 0 Å². The van der Waals surface area contributed by atoms with Gasteiger partial charge in [-0.2, -0.15) is 5.10 Å². The van der Waals surface area contributed by atoms with E-state index in [-0.39, 0.29) is 0 Å². The Kier molecular flexibility index (Phi) is 8.62. The summed E-state index contributed by atoms with van der Waals surface area (Å²) >= 11 is 0. The van der Waals surface area contributed by atoms with E-state index in [1.807, 2.05) is 52.7 Å². The third-order valence-electron chi connectivity index (χ3n) is 9.35. The molecule has 0 spiro atoms. The van der Waals surface area contributed by atoms with Crippen LogP contribution in [0.4, 0.5) is 0 Å². The molecule has 2 aliphatic rings. The Bertz CT molecular complexity index is 1910. The first-order valence-electron chi connectivity index (χ1n) is 16.2. The number of rotatable bonds is 8. The number of carboxylic acid groups (broad SMARTS) is 1. The van der Waals surface area contributed by atoms with E-state index in [0.29, 0.717) is 44.9 Å². The summed E-state index contributed by atoms with van der Waals surface area (Å²) in [5.74, 6) is -0.0733. The molecule has 0 atom stereocenters.